The molecule has 0 radical (unpaired) electrons. The minimum atomic E-state index is -0.224. The van der Waals surface area contributed by atoms with Gasteiger partial charge in [0.1, 0.15) is 0 Å². The van der Waals surface area contributed by atoms with Gasteiger partial charge in [-0.15, -0.1) is 0 Å². The van der Waals surface area contributed by atoms with Crippen LogP contribution in [0.3, 0.4) is 0 Å². The van der Waals surface area contributed by atoms with Gasteiger partial charge < -0.3 is 24.3 Å². The molecule has 1 N–H and O–H groups in total. The molecule has 0 aliphatic carbocycles. The van der Waals surface area contributed by atoms with Crippen LogP contribution in [-0.4, -0.2) is 25.9 Å². The second kappa shape index (κ2) is 5.72. The maximum absolute atomic E-state index is 12.4. The molecule has 2 aliphatic rings. The topological polar surface area (TPSA) is 66.0 Å². The number of anilines is 1. The average molecular weight is 313 g/mol. The Morgan fingerprint density at radius 3 is 2.43 bits per heavy atom. The quantitative estimate of drug-likeness (QED) is 0.923. The highest BCUT2D eigenvalue weighted by atomic mass is 16.7. The van der Waals surface area contributed by atoms with E-state index in [9.17, 15) is 4.79 Å². The number of hydrogen-bond acceptors (Lipinski definition) is 5. The summed E-state index contributed by atoms with van der Waals surface area (Å²) in [5, 5.41) is 2.85. The molecule has 0 unspecified atom stereocenters. The summed E-state index contributed by atoms with van der Waals surface area (Å²) in [5.41, 5.74) is 1.15. The Balaban J connectivity index is 1.53. The van der Waals surface area contributed by atoms with Gasteiger partial charge in [0, 0.05) is 23.7 Å². The van der Waals surface area contributed by atoms with Crippen LogP contribution in [0.5, 0.6) is 23.0 Å². The molecule has 2 heterocycles. The highest BCUT2D eigenvalue weighted by Crippen LogP contribution is 2.34. The first-order chi connectivity index (χ1) is 11.3. The second-order valence-corrected chi connectivity index (χ2v) is 5.23. The third-order valence-corrected chi connectivity index (χ3v) is 3.64. The van der Waals surface area contributed by atoms with Gasteiger partial charge in [0.05, 0.1) is 13.2 Å². The van der Waals surface area contributed by atoms with Crippen LogP contribution in [0.4, 0.5) is 5.69 Å². The molecule has 0 fully saturated rings. The third-order valence-electron chi connectivity index (χ3n) is 3.64. The molecule has 2 aromatic rings. The lowest BCUT2D eigenvalue weighted by atomic mass is 10.2. The highest BCUT2D eigenvalue weighted by Gasteiger charge is 2.17. The number of benzene rings is 2. The van der Waals surface area contributed by atoms with E-state index >= 15 is 0 Å². The first-order valence-corrected chi connectivity index (χ1v) is 7.40. The number of fused-ring (bicyclic) bond motifs is 2. The molecule has 0 aromatic heterocycles. The normalized spacial score (nSPS) is 15.0. The van der Waals surface area contributed by atoms with E-state index in [2.05, 4.69) is 5.32 Å². The van der Waals surface area contributed by atoms with Crippen LogP contribution < -0.4 is 24.3 Å². The number of amides is 1. The van der Waals surface area contributed by atoms with E-state index in [1.54, 1.807) is 36.4 Å². The van der Waals surface area contributed by atoms with Crippen LogP contribution in [0.25, 0.3) is 0 Å². The molecule has 2 aliphatic heterocycles. The lowest BCUT2D eigenvalue weighted by Gasteiger charge is -2.10. The Morgan fingerprint density at radius 1 is 0.826 bits per heavy atom. The molecule has 6 heteroatoms. The van der Waals surface area contributed by atoms with Crippen molar-refractivity contribution in [2.75, 3.05) is 25.3 Å². The zero-order valence-corrected chi connectivity index (χ0v) is 12.3. The number of ether oxygens (including phenoxy) is 4. The molecule has 1 amide bonds. The first-order valence-electron chi connectivity index (χ1n) is 7.40. The maximum Gasteiger partial charge on any atom is 0.255 e. The number of carbonyl (C=O) groups excluding carboxylic acids is 1. The first kappa shape index (κ1) is 13.8. The van der Waals surface area contributed by atoms with Crippen LogP contribution in [0.2, 0.25) is 0 Å². The van der Waals surface area contributed by atoms with Crippen LogP contribution >= 0.6 is 0 Å². The van der Waals surface area contributed by atoms with Crippen molar-refractivity contribution in [3.63, 3.8) is 0 Å². The van der Waals surface area contributed by atoms with Crippen molar-refractivity contribution in [3.8, 4) is 23.0 Å². The molecule has 0 spiro atoms. The molecule has 0 bridgehead atoms. The summed E-state index contributed by atoms with van der Waals surface area (Å²) in [6.07, 6.45) is 0.841. The molecular formula is C17H15NO5. The van der Waals surface area contributed by atoms with Crippen molar-refractivity contribution in [1.29, 1.82) is 0 Å². The summed E-state index contributed by atoms with van der Waals surface area (Å²) in [4.78, 5) is 12.4. The summed E-state index contributed by atoms with van der Waals surface area (Å²) in [5.74, 6) is 2.35. The highest BCUT2D eigenvalue weighted by molar-refractivity contribution is 6.04. The number of hydrogen-bond donors (Lipinski definition) is 1. The molecule has 4 rings (SSSR count). The fourth-order valence-corrected chi connectivity index (χ4v) is 2.48. The van der Waals surface area contributed by atoms with Gasteiger partial charge >= 0.3 is 0 Å². The van der Waals surface area contributed by atoms with Crippen molar-refractivity contribution in [2.45, 2.75) is 6.42 Å². The predicted octanol–water partition coefficient (Wildman–Crippen LogP) is 2.83. The van der Waals surface area contributed by atoms with Gasteiger partial charge in [-0.1, -0.05) is 0 Å². The zero-order chi connectivity index (χ0) is 15.6. The SMILES string of the molecule is O=C(Nc1ccc2c(c1)OCCCO2)c1ccc2c(c1)OCO2. The van der Waals surface area contributed by atoms with E-state index in [0.717, 1.165) is 6.42 Å². The lowest BCUT2D eigenvalue weighted by molar-refractivity contribution is 0.102. The molecule has 118 valence electrons. The van der Waals surface area contributed by atoms with Gasteiger partial charge in [0.2, 0.25) is 6.79 Å². The van der Waals surface area contributed by atoms with Gasteiger partial charge in [0.25, 0.3) is 5.91 Å². The van der Waals surface area contributed by atoms with Crippen molar-refractivity contribution in [1.82, 2.24) is 0 Å². The molecule has 6 nitrogen and oxygen atoms in total. The Labute approximate surface area is 132 Å². The minimum Gasteiger partial charge on any atom is -0.490 e. The van der Waals surface area contributed by atoms with Gasteiger partial charge in [-0.2, -0.15) is 0 Å². The van der Waals surface area contributed by atoms with E-state index in [-0.39, 0.29) is 12.7 Å². The fraction of sp³-hybridized carbons (Fsp3) is 0.235. The van der Waals surface area contributed by atoms with Crippen molar-refractivity contribution >= 4 is 11.6 Å². The smallest absolute Gasteiger partial charge is 0.255 e. The monoisotopic (exact) mass is 313 g/mol. The Bertz CT molecular complexity index is 759. The minimum absolute atomic E-state index is 0.183. The van der Waals surface area contributed by atoms with E-state index < -0.39 is 0 Å². The Morgan fingerprint density at radius 2 is 1.52 bits per heavy atom. The van der Waals surface area contributed by atoms with Crippen molar-refractivity contribution < 1.29 is 23.7 Å². The molecule has 23 heavy (non-hydrogen) atoms. The second-order valence-electron chi connectivity index (χ2n) is 5.23. The summed E-state index contributed by atoms with van der Waals surface area (Å²) < 4.78 is 21.7. The average Bonchev–Trinajstić information content (AvgIpc) is 2.91. The summed E-state index contributed by atoms with van der Waals surface area (Å²) in [6, 6.07) is 10.5. The molecular weight excluding hydrogens is 298 g/mol. The standard InChI is InChI=1S/C17H15NO5/c19-17(11-2-4-14-15(8-11)23-10-22-14)18-12-3-5-13-16(9-12)21-7-1-6-20-13/h2-5,8-9H,1,6-7,10H2,(H,18,19). The van der Waals surface area contributed by atoms with Crippen LogP contribution in [0, 0.1) is 0 Å². The Kier molecular flexibility index (Phi) is 3.42. The van der Waals surface area contributed by atoms with E-state index in [0.29, 0.717) is 47.5 Å². The lowest BCUT2D eigenvalue weighted by Crippen LogP contribution is -2.11. The van der Waals surface area contributed by atoms with E-state index in [4.69, 9.17) is 18.9 Å². The summed E-state index contributed by atoms with van der Waals surface area (Å²) >= 11 is 0. The van der Waals surface area contributed by atoms with E-state index in [1.165, 1.54) is 0 Å². The Hall–Kier alpha value is -2.89. The number of nitrogens with one attached hydrogen (secondary N) is 1. The van der Waals surface area contributed by atoms with Gasteiger partial charge in [-0.05, 0) is 30.3 Å². The molecule has 0 saturated heterocycles. The van der Waals surface area contributed by atoms with Gasteiger partial charge in [0.15, 0.2) is 23.0 Å². The third kappa shape index (κ3) is 2.75. The van der Waals surface area contributed by atoms with Crippen molar-refractivity contribution in [3.05, 3.63) is 42.0 Å². The fourth-order valence-electron chi connectivity index (χ4n) is 2.48. The molecule has 0 saturated carbocycles. The predicted molar refractivity (Wildman–Crippen MR) is 82.6 cm³/mol. The number of rotatable bonds is 2. The van der Waals surface area contributed by atoms with Crippen LogP contribution in [-0.2, 0) is 0 Å². The van der Waals surface area contributed by atoms with E-state index in [1.807, 2.05) is 0 Å². The molecule has 0 atom stereocenters. The van der Waals surface area contributed by atoms with Crippen LogP contribution in [0.1, 0.15) is 16.8 Å². The summed E-state index contributed by atoms with van der Waals surface area (Å²) in [6.45, 7) is 1.42. The zero-order valence-electron chi connectivity index (χ0n) is 12.3. The number of carbonyl (C=O) groups is 1. The maximum atomic E-state index is 12.4. The van der Waals surface area contributed by atoms with Gasteiger partial charge in [-0.3, -0.25) is 4.79 Å². The largest absolute Gasteiger partial charge is 0.490 e. The molecule has 2 aromatic carbocycles. The van der Waals surface area contributed by atoms with Gasteiger partial charge in [-0.25, -0.2) is 0 Å². The van der Waals surface area contributed by atoms with Crippen molar-refractivity contribution in [2.24, 2.45) is 0 Å². The van der Waals surface area contributed by atoms with Crippen LogP contribution in [0.15, 0.2) is 36.4 Å². The summed E-state index contributed by atoms with van der Waals surface area (Å²) in [7, 11) is 0.